The Kier molecular flexibility index (Phi) is 5.88. The number of carboxylic acids is 2. The molecule has 0 aromatic heterocycles. The Hall–Kier alpha value is -4.02. The second-order valence-electron chi connectivity index (χ2n) is 5.73. The van der Waals surface area contributed by atoms with Crippen LogP contribution in [0, 0.1) is 0 Å². The van der Waals surface area contributed by atoms with Crippen molar-refractivity contribution in [1.82, 2.24) is 10.2 Å². The van der Waals surface area contributed by atoms with Gasteiger partial charge in [-0.3, -0.25) is 29.4 Å². The number of carboxylic acid groups (broad SMARTS) is 2. The van der Waals surface area contributed by atoms with E-state index in [4.69, 9.17) is 15.9 Å². The highest BCUT2D eigenvalue weighted by molar-refractivity contribution is 6.25. The van der Waals surface area contributed by atoms with Gasteiger partial charge in [0.15, 0.2) is 0 Å². The van der Waals surface area contributed by atoms with Gasteiger partial charge >= 0.3 is 11.9 Å². The van der Waals surface area contributed by atoms with E-state index in [1.807, 2.05) is 0 Å². The van der Waals surface area contributed by atoms with Crippen LogP contribution < -0.4 is 11.1 Å². The number of nitrogens with one attached hydrogen (secondary N) is 1. The van der Waals surface area contributed by atoms with E-state index in [0.717, 1.165) is 4.90 Å². The van der Waals surface area contributed by atoms with Crippen molar-refractivity contribution in [2.24, 2.45) is 0 Å². The fraction of sp³-hybridized carbons (Fsp3) is 0.176. The molecule has 1 aromatic rings. The lowest BCUT2D eigenvalue weighted by Gasteiger charge is -2.27. The number of carbonyl (C=O) groups is 6. The molecule has 146 valence electrons. The summed E-state index contributed by atoms with van der Waals surface area (Å²) in [5.41, 5.74) is 6.24. The SMILES string of the molecule is Nc1cccc2c1C(=O)N(C1CCC(=O)NC1=O)C2=O.O=C(O)/C=C/C(=O)O. The first-order chi connectivity index (χ1) is 13.1. The van der Waals surface area contributed by atoms with Gasteiger partial charge in [0.2, 0.25) is 11.8 Å². The normalized spacial score (nSPS) is 18.4. The minimum absolute atomic E-state index is 0.0965. The molecule has 1 aromatic carbocycles. The standard InChI is InChI=1S/C13H11N3O4.C4H4O4/c14-7-3-1-2-6-10(7)13(20)16(12(6)19)8-4-5-9(17)15-11(8)18;5-3(6)1-2-4(7)8/h1-3,8H,4-5,14H2,(H,15,17,18);1-2H,(H,5,6)(H,7,8)/b;2-1+. The summed E-state index contributed by atoms with van der Waals surface area (Å²) in [7, 11) is 0. The van der Waals surface area contributed by atoms with Crippen LogP contribution in [-0.4, -0.2) is 56.7 Å². The molecule has 0 aliphatic carbocycles. The fourth-order valence-electron chi connectivity index (χ4n) is 2.68. The number of rotatable bonds is 3. The first-order valence-corrected chi connectivity index (χ1v) is 7.87. The van der Waals surface area contributed by atoms with E-state index in [0.29, 0.717) is 12.2 Å². The third-order valence-corrected chi connectivity index (χ3v) is 3.87. The van der Waals surface area contributed by atoms with Crippen LogP contribution >= 0.6 is 0 Å². The average molecular weight is 389 g/mol. The van der Waals surface area contributed by atoms with E-state index in [1.165, 1.54) is 12.1 Å². The van der Waals surface area contributed by atoms with E-state index in [9.17, 15) is 28.8 Å². The molecule has 3 rings (SSSR count). The van der Waals surface area contributed by atoms with Gasteiger partial charge in [-0.1, -0.05) is 6.07 Å². The van der Waals surface area contributed by atoms with E-state index < -0.39 is 41.6 Å². The number of hydrogen-bond acceptors (Lipinski definition) is 7. The monoisotopic (exact) mass is 389 g/mol. The van der Waals surface area contributed by atoms with Crippen LogP contribution in [0.1, 0.15) is 33.6 Å². The molecule has 0 radical (unpaired) electrons. The van der Waals surface area contributed by atoms with Crippen molar-refractivity contribution in [2.75, 3.05) is 5.73 Å². The summed E-state index contributed by atoms with van der Waals surface area (Å²) < 4.78 is 0. The van der Waals surface area contributed by atoms with E-state index >= 15 is 0 Å². The smallest absolute Gasteiger partial charge is 0.328 e. The quantitative estimate of drug-likeness (QED) is 0.297. The topological polar surface area (TPSA) is 184 Å². The zero-order valence-corrected chi connectivity index (χ0v) is 14.2. The molecule has 1 fully saturated rings. The zero-order chi connectivity index (χ0) is 21.0. The van der Waals surface area contributed by atoms with Gasteiger partial charge in [0.05, 0.1) is 11.1 Å². The maximum Gasteiger partial charge on any atom is 0.328 e. The summed E-state index contributed by atoms with van der Waals surface area (Å²) in [5, 5.41) is 17.8. The molecule has 5 N–H and O–H groups in total. The van der Waals surface area contributed by atoms with Gasteiger partial charge in [0.25, 0.3) is 11.8 Å². The second kappa shape index (κ2) is 8.12. The number of anilines is 1. The first-order valence-electron chi connectivity index (χ1n) is 7.87. The van der Waals surface area contributed by atoms with Crippen LogP contribution in [-0.2, 0) is 19.2 Å². The summed E-state index contributed by atoms with van der Waals surface area (Å²) in [6.07, 6.45) is 1.35. The van der Waals surface area contributed by atoms with Crippen molar-refractivity contribution < 1.29 is 39.0 Å². The molecule has 2 aliphatic heterocycles. The number of hydrogen-bond donors (Lipinski definition) is 4. The van der Waals surface area contributed by atoms with Crippen molar-refractivity contribution in [2.45, 2.75) is 18.9 Å². The molecule has 1 atom stereocenters. The van der Waals surface area contributed by atoms with Crippen LogP contribution in [0.25, 0.3) is 0 Å². The summed E-state index contributed by atoms with van der Waals surface area (Å²) in [6.45, 7) is 0. The number of nitrogen functional groups attached to an aromatic ring is 1. The lowest BCUT2D eigenvalue weighted by atomic mass is 10.0. The predicted octanol–water partition coefficient (Wildman–Crippen LogP) is -0.618. The number of amides is 4. The van der Waals surface area contributed by atoms with Gasteiger partial charge in [-0.05, 0) is 18.6 Å². The van der Waals surface area contributed by atoms with Crippen molar-refractivity contribution in [3.05, 3.63) is 41.5 Å². The molecule has 0 bridgehead atoms. The van der Waals surface area contributed by atoms with Gasteiger partial charge in [0, 0.05) is 24.3 Å². The highest BCUT2D eigenvalue weighted by Crippen LogP contribution is 2.30. The van der Waals surface area contributed by atoms with E-state index in [2.05, 4.69) is 5.32 Å². The van der Waals surface area contributed by atoms with Crippen molar-refractivity contribution >= 4 is 41.3 Å². The molecular weight excluding hydrogens is 374 g/mol. The molecule has 4 amide bonds. The van der Waals surface area contributed by atoms with E-state index in [-0.39, 0.29) is 29.7 Å². The number of nitrogens with two attached hydrogens (primary N) is 1. The largest absolute Gasteiger partial charge is 0.478 e. The Balaban J connectivity index is 0.000000300. The van der Waals surface area contributed by atoms with Crippen molar-refractivity contribution in [3.8, 4) is 0 Å². The Labute approximate surface area is 157 Å². The molecule has 1 unspecified atom stereocenters. The summed E-state index contributed by atoms with van der Waals surface area (Å²) in [6, 6.07) is 3.64. The minimum atomic E-state index is -1.26. The molecule has 2 aliphatic rings. The van der Waals surface area contributed by atoms with Gasteiger partial charge < -0.3 is 15.9 Å². The van der Waals surface area contributed by atoms with Gasteiger partial charge in [-0.2, -0.15) is 0 Å². The average Bonchev–Trinajstić information content (AvgIpc) is 2.86. The minimum Gasteiger partial charge on any atom is -0.478 e. The molecule has 1 saturated heterocycles. The molecule has 28 heavy (non-hydrogen) atoms. The third kappa shape index (κ3) is 4.20. The van der Waals surface area contributed by atoms with Crippen LogP contribution in [0.15, 0.2) is 30.4 Å². The highest BCUT2D eigenvalue weighted by atomic mass is 16.4. The molecule has 11 heteroatoms. The Morgan fingerprint density at radius 1 is 1.07 bits per heavy atom. The van der Waals surface area contributed by atoms with Gasteiger partial charge in [-0.15, -0.1) is 0 Å². The van der Waals surface area contributed by atoms with Gasteiger partial charge in [0.1, 0.15) is 6.04 Å². The van der Waals surface area contributed by atoms with Crippen molar-refractivity contribution in [1.29, 1.82) is 0 Å². The number of fused-ring (bicyclic) bond motifs is 1. The van der Waals surface area contributed by atoms with Crippen molar-refractivity contribution in [3.63, 3.8) is 0 Å². The van der Waals surface area contributed by atoms with Crippen LogP contribution in [0.5, 0.6) is 0 Å². The number of carbonyl (C=O) groups excluding carboxylic acids is 4. The van der Waals surface area contributed by atoms with E-state index in [1.54, 1.807) is 6.07 Å². The summed E-state index contributed by atoms with van der Waals surface area (Å²) >= 11 is 0. The van der Waals surface area contributed by atoms with Crippen LogP contribution in [0.2, 0.25) is 0 Å². The number of nitrogens with zero attached hydrogens (tertiary/aromatic N) is 1. The number of aliphatic carboxylic acids is 2. The lowest BCUT2D eigenvalue weighted by Crippen LogP contribution is -2.54. The maximum absolute atomic E-state index is 12.3. The highest BCUT2D eigenvalue weighted by Gasteiger charge is 2.45. The van der Waals surface area contributed by atoms with Crippen LogP contribution in [0.3, 0.4) is 0 Å². The molecule has 0 saturated carbocycles. The predicted molar refractivity (Wildman–Crippen MR) is 91.9 cm³/mol. The molecule has 2 heterocycles. The second-order valence-corrected chi connectivity index (χ2v) is 5.73. The third-order valence-electron chi connectivity index (χ3n) is 3.87. The fourth-order valence-corrected chi connectivity index (χ4v) is 2.68. The number of imide groups is 2. The summed E-state index contributed by atoms with van der Waals surface area (Å²) in [5.74, 6) is -4.68. The summed E-state index contributed by atoms with van der Waals surface area (Å²) in [4.78, 5) is 67.5. The number of piperidine rings is 1. The van der Waals surface area contributed by atoms with Gasteiger partial charge in [-0.25, -0.2) is 9.59 Å². The Bertz CT molecular complexity index is 905. The number of benzene rings is 1. The zero-order valence-electron chi connectivity index (χ0n) is 14.2. The molecule has 11 nitrogen and oxygen atoms in total. The maximum atomic E-state index is 12.3. The molecular formula is C17H15N3O8. The Morgan fingerprint density at radius 2 is 1.68 bits per heavy atom. The Morgan fingerprint density at radius 3 is 2.18 bits per heavy atom. The lowest BCUT2D eigenvalue weighted by molar-refractivity contribution is -0.136. The first kappa shape index (κ1) is 20.3. The molecule has 0 spiro atoms. The van der Waals surface area contributed by atoms with Crippen LogP contribution in [0.4, 0.5) is 5.69 Å².